The number of halogens is 1. The zero-order valence-corrected chi connectivity index (χ0v) is 10.3. The molecule has 0 saturated carbocycles. The van der Waals surface area contributed by atoms with E-state index in [9.17, 15) is 4.79 Å². The van der Waals surface area contributed by atoms with Crippen molar-refractivity contribution in [3.8, 4) is 0 Å². The van der Waals surface area contributed by atoms with E-state index in [1.807, 2.05) is 0 Å². The third-order valence-electron chi connectivity index (χ3n) is 2.11. The number of ketones is 1. The Morgan fingerprint density at radius 2 is 2.29 bits per heavy atom. The molecular weight excluding hydrogens is 244 g/mol. The molecule has 1 rings (SSSR count). The van der Waals surface area contributed by atoms with Gasteiger partial charge in [0, 0.05) is 13.5 Å². The van der Waals surface area contributed by atoms with Crippen molar-refractivity contribution < 1.29 is 4.79 Å². The van der Waals surface area contributed by atoms with E-state index < -0.39 is 0 Å². The topological polar surface area (TPSA) is 34.9 Å². The van der Waals surface area contributed by atoms with Crippen LogP contribution in [0.3, 0.4) is 0 Å². The molecule has 1 aromatic heterocycles. The minimum absolute atomic E-state index is 0.158. The van der Waals surface area contributed by atoms with Crippen molar-refractivity contribution in [2.45, 2.75) is 26.7 Å². The standard InChI is InChI=1S/C10H15BrN2O/c1-7(2)4-5-9(14)10-8(11)6-12-13(10)3/h6-7H,4-5H2,1-3H3. The molecule has 0 radical (unpaired) electrons. The van der Waals surface area contributed by atoms with Crippen LogP contribution in [0.2, 0.25) is 0 Å². The van der Waals surface area contributed by atoms with Crippen molar-refractivity contribution in [3.05, 3.63) is 16.4 Å². The highest BCUT2D eigenvalue weighted by Crippen LogP contribution is 2.18. The van der Waals surface area contributed by atoms with Crippen molar-refractivity contribution >= 4 is 21.7 Å². The Balaban J connectivity index is 2.70. The molecule has 0 aliphatic heterocycles. The number of aryl methyl sites for hydroxylation is 1. The predicted octanol–water partition coefficient (Wildman–Crippen LogP) is 2.80. The van der Waals surface area contributed by atoms with Crippen molar-refractivity contribution in [2.24, 2.45) is 13.0 Å². The monoisotopic (exact) mass is 258 g/mol. The molecule has 0 aliphatic rings. The van der Waals surface area contributed by atoms with Gasteiger partial charge in [-0.3, -0.25) is 9.48 Å². The van der Waals surface area contributed by atoms with Crippen LogP contribution in [0.1, 0.15) is 37.2 Å². The van der Waals surface area contributed by atoms with Gasteiger partial charge in [0.2, 0.25) is 0 Å². The Hall–Kier alpha value is -0.640. The summed E-state index contributed by atoms with van der Waals surface area (Å²) in [4.78, 5) is 11.8. The van der Waals surface area contributed by atoms with Crippen LogP contribution in [-0.2, 0) is 7.05 Å². The van der Waals surface area contributed by atoms with E-state index >= 15 is 0 Å². The summed E-state index contributed by atoms with van der Waals surface area (Å²) in [6.07, 6.45) is 3.18. The third-order valence-corrected chi connectivity index (χ3v) is 2.69. The summed E-state index contributed by atoms with van der Waals surface area (Å²) in [5, 5.41) is 4.01. The summed E-state index contributed by atoms with van der Waals surface area (Å²) in [5.74, 6) is 0.719. The van der Waals surface area contributed by atoms with Crippen LogP contribution in [-0.4, -0.2) is 15.6 Å². The van der Waals surface area contributed by atoms with Crippen LogP contribution in [0, 0.1) is 5.92 Å². The quantitative estimate of drug-likeness (QED) is 0.779. The average molecular weight is 259 g/mol. The summed E-state index contributed by atoms with van der Waals surface area (Å²) in [7, 11) is 1.79. The van der Waals surface area contributed by atoms with E-state index in [1.165, 1.54) is 0 Å². The number of nitrogens with zero attached hydrogens (tertiary/aromatic N) is 2. The van der Waals surface area contributed by atoms with E-state index in [-0.39, 0.29) is 5.78 Å². The van der Waals surface area contributed by atoms with Crippen LogP contribution in [0.15, 0.2) is 10.7 Å². The fourth-order valence-corrected chi connectivity index (χ4v) is 1.83. The lowest BCUT2D eigenvalue weighted by molar-refractivity contribution is 0.0965. The number of Topliss-reactive ketones (excluding diaryl/α,β-unsaturated/α-hetero) is 1. The Morgan fingerprint density at radius 3 is 2.71 bits per heavy atom. The molecule has 0 spiro atoms. The number of aromatic nitrogens is 2. The maximum atomic E-state index is 11.8. The smallest absolute Gasteiger partial charge is 0.182 e. The summed E-state index contributed by atoms with van der Waals surface area (Å²) in [6.45, 7) is 4.23. The van der Waals surface area contributed by atoms with Gasteiger partial charge in [0.05, 0.1) is 10.7 Å². The average Bonchev–Trinajstić information content (AvgIpc) is 2.42. The molecule has 0 aromatic carbocycles. The molecule has 0 atom stereocenters. The molecule has 14 heavy (non-hydrogen) atoms. The maximum Gasteiger partial charge on any atom is 0.182 e. The molecular formula is C10H15BrN2O. The summed E-state index contributed by atoms with van der Waals surface area (Å²) in [5.41, 5.74) is 0.672. The van der Waals surface area contributed by atoms with Crippen molar-refractivity contribution in [1.82, 2.24) is 9.78 Å². The van der Waals surface area contributed by atoms with Gasteiger partial charge < -0.3 is 0 Å². The van der Waals surface area contributed by atoms with Gasteiger partial charge in [-0.25, -0.2) is 0 Å². The second-order valence-corrected chi connectivity index (χ2v) is 4.67. The van der Waals surface area contributed by atoms with E-state index in [1.54, 1.807) is 17.9 Å². The molecule has 0 fully saturated rings. The van der Waals surface area contributed by atoms with Crippen LogP contribution in [0.4, 0.5) is 0 Å². The molecule has 1 aromatic rings. The summed E-state index contributed by atoms with van der Waals surface area (Å²) < 4.78 is 2.40. The predicted molar refractivity (Wildman–Crippen MR) is 59.3 cm³/mol. The lowest BCUT2D eigenvalue weighted by Crippen LogP contribution is -2.08. The first-order valence-electron chi connectivity index (χ1n) is 4.73. The largest absolute Gasteiger partial charge is 0.292 e. The Kier molecular flexibility index (Phi) is 3.86. The van der Waals surface area contributed by atoms with Gasteiger partial charge in [-0.05, 0) is 28.3 Å². The number of carbonyl (C=O) groups excluding carboxylic acids is 1. The number of hydrogen-bond acceptors (Lipinski definition) is 2. The van der Waals surface area contributed by atoms with Crippen LogP contribution < -0.4 is 0 Å². The highest BCUT2D eigenvalue weighted by atomic mass is 79.9. The molecule has 0 aliphatic carbocycles. The first kappa shape index (κ1) is 11.4. The molecule has 0 saturated heterocycles. The first-order valence-corrected chi connectivity index (χ1v) is 5.52. The molecule has 3 nitrogen and oxygen atoms in total. The summed E-state index contributed by atoms with van der Waals surface area (Å²) in [6, 6.07) is 0. The Labute approximate surface area is 92.6 Å². The molecule has 4 heteroatoms. The van der Waals surface area contributed by atoms with Crippen molar-refractivity contribution in [2.75, 3.05) is 0 Å². The number of rotatable bonds is 4. The normalized spacial score (nSPS) is 10.9. The van der Waals surface area contributed by atoms with Crippen molar-refractivity contribution in [3.63, 3.8) is 0 Å². The molecule has 0 unspecified atom stereocenters. The van der Waals surface area contributed by atoms with Gasteiger partial charge in [0.15, 0.2) is 5.78 Å². The third kappa shape index (κ3) is 2.67. The van der Waals surface area contributed by atoms with E-state index in [4.69, 9.17) is 0 Å². The second kappa shape index (κ2) is 4.73. The molecule has 0 N–H and O–H groups in total. The highest BCUT2D eigenvalue weighted by Gasteiger charge is 2.14. The van der Waals surface area contributed by atoms with Gasteiger partial charge in [-0.2, -0.15) is 5.10 Å². The van der Waals surface area contributed by atoms with Gasteiger partial charge in [-0.1, -0.05) is 13.8 Å². The first-order chi connectivity index (χ1) is 6.52. The minimum atomic E-state index is 0.158. The molecule has 0 amide bonds. The SMILES string of the molecule is CC(C)CCC(=O)c1c(Br)cnn1C. The van der Waals surface area contributed by atoms with E-state index in [0.717, 1.165) is 10.9 Å². The lowest BCUT2D eigenvalue weighted by Gasteiger charge is -2.04. The Morgan fingerprint density at radius 1 is 1.64 bits per heavy atom. The van der Waals surface area contributed by atoms with E-state index in [2.05, 4.69) is 34.9 Å². The van der Waals surface area contributed by atoms with Crippen LogP contribution in [0.25, 0.3) is 0 Å². The summed E-state index contributed by atoms with van der Waals surface area (Å²) >= 11 is 3.32. The van der Waals surface area contributed by atoms with Gasteiger partial charge in [-0.15, -0.1) is 0 Å². The van der Waals surface area contributed by atoms with Crippen molar-refractivity contribution in [1.29, 1.82) is 0 Å². The van der Waals surface area contributed by atoms with Gasteiger partial charge >= 0.3 is 0 Å². The second-order valence-electron chi connectivity index (χ2n) is 3.82. The van der Waals surface area contributed by atoms with Gasteiger partial charge in [0.1, 0.15) is 5.69 Å². The number of hydrogen-bond donors (Lipinski definition) is 0. The molecule has 0 bridgehead atoms. The lowest BCUT2D eigenvalue weighted by atomic mass is 10.0. The van der Waals surface area contributed by atoms with Gasteiger partial charge in [0.25, 0.3) is 0 Å². The fraction of sp³-hybridized carbons (Fsp3) is 0.600. The minimum Gasteiger partial charge on any atom is -0.292 e. The zero-order chi connectivity index (χ0) is 10.7. The Bertz CT molecular complexity index is 311. The van der Waals surface area contributed by atoms with Crippen LogP contribution >= 0.6 is 15.9 Å². The zero-order valence-electron chi connectivity index (χ0n) is 8.75. The fourth-order valence-electron chi connectivity index (χ4n) is 1.26. The number of carbonyl (C=O) groups is 1. The highest BCUT2D eigenvalue weighted by molar-refractivity contribution is 9.10. The van der Waals surface area contributed by atoms with E-state index in [0.29, 0.717) is 18.0 Å². The molecule has 1 heterocycles. The van der Waals surface area contributed by atoms with Crippen LogP contribution in [0.5, 0.6) is 0 Å². The maximum absolute atomic E-state index is 11.8. The molecule has 78 valence electrons.